The molecule has 2 aromatic heterocycles. The summed E-state index contributed by atoms with van der Waals surface area (Å²) in [5.74, 6) is 0. The summed E-state index contributed by atoms with van der Waals surface area (Å²) in [6.45, 7) is 6.16. The van der Waals surface area contributed by atoms with Crippen LogP contribution in [0.4, 0.5) is 0 Å². The highest BCUT2D eigenvalue weighted by molar-refractivity contribution is 14.2. The molecule has 57 heavy (non-hydrogen) atoms. The van der Waals surface area contributed by atoms with Gasteiger partial charge in [-0.1, -0.05) is 109 Å². The number of halogens is 2. The van der Waals surface area contributed by atoms with Crippen LogP contribution >= 0.6 is 60.3 Å². The molecule has 7 aromatic carbocycles. The Morgan fingerprint density at radius 1 is 0.614 bits per heavy atom. The van der Waals surface area contributed by atoms with Crippen molar-refractivity contribution in [2.24, 2.45) is 0 Å². The van der Waals surface area contributed by atoms with Gasteiger partial charge in [-0.3, -0.25) is 0 Å². The maximum atomic E-state index is 4.04. The second-order valence-corrected chi connectivity index (χ2v) is 18.4. The average Bonchev–Trinajstić information content (AvgIpc) is 3.78. The lowest BCUT2D eigenvalue weighted by molar-refractivity contribution is 0.944. The standard InChI is InChI=1S/C51H36I2N2S2/c1-3-32(26-39(4-2)56-52)34-19-24-48-46(28-34)47-30-36-18-21-42-41(44(36)31-50(47)54(48)37-13-7-5-8-14-37)22-23-43-45-29-35(33-12-11-17-40(27-33)57-53)20-25-49(45)55(51(42)43)38-15-9-6-10-16-38/h3-17,19-20,22-31H,2,18,21H2,1H3/b32-3+,39-26+. The minimum atomic E-state index is 0.977. The first-order chi connectivity index (χ1) is 28.1. The molecule has 0 amide bonds. The van der Waals surface area contributed by atoms with E-state index in [-0.39, 0.29) is 0 Å². The maximum Gasteiger partial charge on any atom is 0.0579 e. The molecule has 2 nitrogen and oxygen atoms in total. The molecule has 276 valence electrons. The lowest BCUT2D eigenvalue weighted by atomic mass is 9.83. The van der Waals surface area contributed by atoms with Crippen LogP contribution in [0, 0.1) is 0 Å². The van der Waals surface area contributed by atoms with Crippen molar-refractivity contribution < 1.29 is 0 Å². The van der Waals surface area contributed by atoms with Gasteiger partial charge >= 0.3 is 0 Å². The Kier molecular flexibility index (Phi) is 9.93. The molecule has 0 bridgehead atoms. The Morgan fingerprint density at radius 3 is 2.05 bits per heavy atom. The van der Waals surface area contributed by atoms with Crippen LogP contribution in [0.25, 0.3) is 82.8 Å². The van der Waals surface area contributed by atoms with Gasteiger partial charge in [0, 0.05) is 85.1 Å². The third-order valence-corrected chi connectivity index (χ3v) is 15.4. The number of allylic oxidation sites excluding steroid dienone is 4. The van der Waals surface area contributed by atoms with Crippen molar-refractivity contribution in [3.8, 4) is 33.6 Å². The van der Waals surface area contributed by atoms with E-state index in [2.05, 4.69) is 223 Å². The largest absolute Gasteiger partial charge is 0.309 e. The molecule has 0 atom stereocenters. The van der Waals surface area contributed by atoms with Crippen molar-refractivity contribution in [3.05, 3.63) is 192 Å². The summed E-state index contributed by atoms with van der Waals surface area (Å²) in [5.41, 5.74) is 17.7. The van der Waals surface area contributed by atoms with Crippen LogP contribution in [0.2, 0.25) is 0 Å². The Morgan fingerprint density at radius 2 is 1.32 bits per heavy atom. The third kappa shape index (κ3) is 6.31. The first-order valence-corrected chi connectivity index (χ1v) is 25.8. The Labute approximate surface area is 365 Å². The van der Waals surface area contributed by atoms with Crippen LogP contribution < -0.4 is 0 Å². The highest BCUT2D eigenvalue weighted by atomic mass is 127. The van der Waals surface area contributed by atoms with E-state index in [1.54, 1.807) is 17.9 Å². The van der Waals surface area contributed by atoms with Gasteiger partial charge in [0.15, 0.2) is 0 Å². The van der Waals surface area contributed by atoms with Gasteiger partial charge in [0.2, 0.25) is 0 Å². The minimum Gasteiger partial charge on any atom is -0.309 e. The number of rotatable bonds is 8. The molecule has 1 aliphatic carbocycles. The van der Waals surface area contributed by atoms with E-state index in [9.17, 15) is 0 Å². The Bertz CT molecular complexity index is 3120. The van der Waals surface area contributed by atoms with Gasteiger partial charge in [0.1, 0.15) is 0 Å². The van der Waals surface area contributed by atoms with Crippen LogP contribution in [0.3, 0.4) is 0 Å². The predicted octanol–water partition coefficient (Wildman–Crippen LogP) is 16.3. The van der Waals surface area contributed by atoms with Crippen LogP contribution in [0.15, 0.2) is 180 Å². The lowest BCUT2D eigenvalue weighted by Crippen LogP contribution is -2.07. The molecule has 10 rings (SSSR count). The van der Waals surface area contributed by atoms with E-state index in [0.29, 0.717) is 0 Å². The number of benzene rings is 7. The summed E-state index contributed by atoms with van der Waals surface area (Å²) in [7, 11) is 3.45. The molecular weight excluding hydrogens is 959 g/mol. The Balaban J connectivity index is 1.22. The predicted molar refractivity (Wildman–Crippen MR) is 267 cm³/mol. The zero-order valence-electron chi connectivity index (χ0n) is 31.2. The molecule has 2 heterocycles. The van der Waals surface area contributed by atoms with Crippen LogP contribution in [-0.4, -0.2) is 9.13 Å². The van der Waals surface area contributed by atoms with Crippen molar-refractivity contribution in [2.45, 2.75) is 24.7 Å². The smallest absolute Gasteiger partial charge is 0.0579 e. The first-order valence-electron chi connectivity index (χ1n) is 19.1. The van der Waals surface area contributed by atoms with Crippen molar-refractivity contribution in [1.29, 1.82) is 0 Å². The van der Waals surface area contributed by atoms with Crippen molar-refractivity contribution in [1.82, 2.24) is 9.13 Å². The quantitative estimate of drug-likeness (QED) is 0.111. The maximum absolute atomic E-state index is 4.04. The molecule has 0 radical (unpaired) electrons. The SMILES string of the molecule is C=C/C(=C\C(=C/C)c1ccc2c(c1)c1cc3c(cc1n2-c1ccccc1)-c1ccc2c4cc(-c5cccc(SI)c5)ccc4n(-c4ccccc4)c2c1CC3)SI. The fraction of sp³-hybridized carbons (Fsp3) is 0.0588. The molecule has 6 heteroatoms. The average molecular weight is 995 g/mol. The van der Waals surface area contributed by atoms with E-state index >= 15 is 0 Å². The fourth-order valence-corrected chi connectivity index (χ4v) is 11.2. The van der Waals surface area contributed by atoms with Crippen LogP contribution in [-0.2, 0) is 12.8 Å². The molecule has 0 unspecified atom stereocenters. The summed E-state index contributed by atoms with van der Waals surface area (Å²) >= 11 is 4.71. The van der Waals surface area contributed by atoms with Gasteiger partial charge < -0.3 is 9.13 Å². The van der Waals surface area contributed by atoms with Gasteiger partial charge in [0.25, 0.3) is 0 Å². The zero-order valence-corrected chi connectivity index (χ0v) is 37.1. The molecule has 1 aliphatic rings. The summed E-state index contributed by atoms with van der Waals surface area (Å²) in [4.78, 5) is 2.41. The summed E-state index contributed by atoms with van der Waals surface area (Å²) < 4.78 is 4.97. The number of aromatic nitrogens is 2. The molecule has 0 N–H and O–H groups in total. The van der Waals surface area contributed by atoms with Gasteiger partial charge in [-0.05, 0) is 143 Å². The van der Waals surface area contributed by atoms with Gasteiger partial charge in [0.05, 0.1) is 22.1 Å². The minimum absolute atomic E-state index is 0.977. The van der Waals surface area contributed by atoms with Crippen LogP contribution in [0.1, 0.15) is 23.6 Å². The number of hydrogen-bond acceptors (Lipinski definition) is 2. The molecule has 0 aliphatic heterocycles. The lowest BCUT2D eigenvalue weighted by Gasteiger charge is -2.23. The second-order valence-electron chi connectivity index (χ2n) is 14.5. The third-order valence-electron chi connectivity index (χ3n) is 11.5. The first kappa shape index (κ1) is 36.8. The fourth-order valence-electron chi connectivity index (χ4n) is 8.89. The van der Waals surface area contributed by atoms with Crippen LogP contribution in [0.5, 0.6) is 0 Å². The highest BCUT2D eigenvalue weighted by Crippen LogP contribution is 2.46. The summed E-state index contributed by atoms with van der Waals surface area (Å²) in [5, 5.41) is 5.16. The number of para-hydroxylation sites is 2. The summed E-state index contributed by atoms with van der Waals surface area (Å²) in [6.07, 6.45) is 8.33. The molecule has 0 saturated carbocycles. The normalized spacial score (nSPS) is 13.1. The van der Waals surface area contributed by atoms with Crippen molar-refractivity contribution >= 4 is 109 Å². The van der Waals surface area contributed by atoms with Gasteiger partial charge in [-0.15, -0.1) is 0 Å². The van der Waals surface area contributed by atoms with Gasteiger partial charge in [-0.25, -0.2) is 0 Å². The molecule has 0 spiro atoms. The second kappa shape index (κ2) is 15.4. The van der Waals surface area contributed by atoms with E-state index in [4.69, 9.17) is 0 Å². The number of nitrogens with zero attached hydrogens (tertiary/aromatic N) is 2. The van der Waals surface area contributed by atoms with E-state index in [1.807, 2.05) is 6.08 Å². The van der Waals surface area contributed by atoms with Crippen molar-refractivity contribution in [2.75, 3.05) is 0 Å². The zero-order chi connectivity index (χ0) is 38.6. The highest BCUT2D eigenvalue weighted by Gasteiger charge is 2.25. The van der Waals surface area contributed by atoms with Crippen molar-refractivity contribution in [3.63, 3.8) is 0 Å². The number of fused-ring (bicyclic) bond motifs is 10. The number of aryl methyl sites for hydroxylation is 2. The molecular formula is C51H36I2N2S2. The summed E-state index contributed by atoms with van der Waals surface area (Å²) in [6, 6.07) is 54.3. The van der Waals surface area contributed by atoms with E-state index in [0.717, 1.165) is 17.7 Å². The Hall–Kier alpha value is -4.48. The van der Waals surface area contributed by atoms with Gasteiger partial charge in [-0.2, -0.15) is 0 Å². The monoisotopic (exact) mass is 994 g/mol. The molecule has 9 aromatic rings. The number of hydrogen-bond donors (Lipinski definition) is 0. The van der Waals surface area contributed by atoms with E-state index < -0.39 is 0 Å². The molecule has 0 saturated heterocycles. The molecule has 0 fully saturated rings. The topological polar surface area (TPSA) is 9.86 Å². The van der Waals surface area contributed by atoms with E-state index in [1.165, 1.54) is 104 Å².